The van der Waals surface area contributed by atoms with Gasteiger partial charge in [0.15, 0.2) is 5.96 Å². The number of nitrogens with zero attached hydrogens (tertiary/aromatic N) is 2. The van der Waals surface area contributed by atoms with Gasteiger partial charge in [0.25, 0.3) is 5.69 Å². The van der Waals surface area contributed by atoms with Crippen LogP contribution in [-0.4, -0.2) is 24.0 Å². The molecule has 150 valence electrons. The van der Waals surface area contributed by atoms with Crippen LogP contribution in [0, 0.1) is 15.9 Å². The highest BCUT2D eigenvalue weighted by atomic mass is 127. The highest BCUT2D eigenvalue weighted by Gasteiger charge is 2.44. The van der Waals surface area contributed by atoms with Crippen molar-refractivity contribution in [2.75, 3.05) is 13.1 Å². The molecule has 3 rings (SSSR count). The highest BCUT2D eigenvalue weighted by molar-refractivity contribution is 14.0. The fourth-order valence-electron chi connectivity index (χ4n) is 3.12. The van der Waals surface area contributed by atoms with Crippen molar-refractivity contribution in [3.8, 4) is 0 Å². The van der Waals surface area contributed by atoms with E-state index >= 15 is 0 Å². The molecule has 0 radical (unpaired) electrons. The van der Waals surface area contributed by atoms with E-state index in [0.717, 1.165) is 18.4 Å². The van der Waals surface area contributed by atoms with Crippen LogP contribution in [-0.2, 0) is 12.0 Å². The standard InChI is InChI=1S/C20H23FN4O2.HI/c1-2-22-19(23-13-15-6-3-4-9-18(15)25(26)27)24-14-20(10-11-20)16-7-5-8-17(21)12-16;/h3-9,12H,2,10-11,13-14H2,1H3,(H2,22,23,24);1H. The van der Waals surface area contributed by atoms with Gasteiger partial charge in [0.2, 0.25) is 0 Å². The molecule has 0 aromatic heterocycles. The van der Waals surface area contributed by atoms with E-state index in [2.05, 4.69) is 15.6 Å². The monoisotopic (exact) mass is 498 g/mol. The SMILES string of the molecule is CCNC(=NCc1ccccc1[N+](=O)[O-])NCC1(c2cccc(F)c2)CC1.I. The zero-order chi connectivity index (χ0) is 19.3. The van der Waals surface area contributed by atoms with Gasteiger partial charge in [-0.05, 0) is 37.5 Å². The van der Waals surface area contributed by atoms with Gasteiger partial charge in [0, 0.05) is 24.6 Å². The Hall–Kier alpha value is -2.23. The molecule has 28 heavy (non-hydrogen) atoms. The molecule has 2 aromatic carbocycles. The second kappa shape index (κ2) is 9.81. The summed E-state index contributed by atoms with van der Waals surface area (Å²) in [6.45, 7) is 3.48. The summed E-state index contributed by atoms with van der Waals surface area (Å²) < 4.78 is 13.5. The van der Waals surface area contributed by atoms with Gasteiger partial charge in [0.1, 0.15) is 5.82 Å². The minimum absolute atomic E-state index is 0. The van der Waals surface area contributed by atoms with Gasteiger partial charge in [-0.3, -0.25) is 10.1 Å². The fourth-order valence-corrected chi connectivity index (χ4v) is 3.12. The molecule has 0 bridgehead atoms. The quantitative estimate of drug-likeness (QED) is 0.198. The fraction of sp³-hybridized carbons (Fsp3) is 0.350. The molecule has 0 spiro atoms. The molecule has 0 atom stereocenters. The summed E-state index contributed by atoms with van der Waals surface area (Å²) in [6, 6.07) is 13.3. The summed E-state index contributed by atoms with van der Waals surface area (Å²) in [5.41, 5.74) is 1.54. The Bertz CT molecular complexity index is 856. The van der Waals surface area contributed by atoms with Crippen LogP contribution in [0.4, 0.5) is 10.1 Å². The Balaban J connectivity index is 0.00000280. The van der Waals surface area contributed by atoms with Crippen molar-refractivity contribution in [2.24, 2.45) is 4.99 Å². The van der Waals surface area contributed by atoms with E-state index < -0.39 is 4.92 Å². The molecule has 0 aliphatic heterocycles. The molecular weight excluding hydrogens is 474 g/mol. The van der Waals surface area contributed by atoms with E-state index in [1.807, 2.05) is 13.0 Å². The van der Waals surface area contributed by atoms with Crippen molar-refractivity contribution in [3.63, 3.8) is 0 Å². The average Bonchev–Trinajstić information content (AvgIpc) is 3.45. The molecule has 6 nitrogen and oxygen atoms in total. The van der Waals surface area contributed by atoms with Gasteiger partial charge >= 0.3 is 0 Å². The molecular formula is C20H24FIN4O2. The summed E-state index contributed by atoms with van der Waals surface area (Å²) in [7, 11) is 0. The lowest BCUT2D eigenvalue weighted by Gasteiger charge is -2.19. The molecule has 1 aliphatic carbocycles. The minimum Gasteiger partial charge on any atom is -0.357 e. The van der Waals surface area contributed by atoms with E-state index in [9.17, 15) is 14.5 Å². The summed E-state index contributed by atoms with van der Waals surface area (Å²) in [4.78, 5) is 15.2. The first-order chi connectivity index (χ1) is 13.0. The van der Waals surface area contributed by atoms with Crippen molar-refractivity contribution in [2.45, 2.75) is 31.7 Å². The maximum atomic E-state index is 13.5. The zero-order valence-electron chi connectivity index (χ0n) is 15.7. The summed E-state index contributed by atoms with van der Waals surface area (Å²) >= 11 is 0. The predicted octanol–water partition coefficient (Wildman–Crippen LogP) is 4.14. The molecule has 1 aliphatic rings. The second-order valence-corrected chi connectivity index (χ2v) is 6.73. The molecule has 1 fully saturated rings. The second-order valence-electron chi connectivity index (χ2n) is 6.73. The molecule has 8 heteroatoms. The number of benzene rings is 2. The first-order valence-electron chi connectivity index (χ1n) is 9.04. The van der Waals surface area contributed by atoms with Crippen LogP contribution in [0.25, 0.3) is 0 Å². The number of hydrogen-bond acceptors (Lipinski definition) is 3. The van der Waals surface area contributed by atoms with Crippen LogP contribution in [0.1, 0.15) is 30.9 Å². The van der Waals surface area contributed by atoms with Crippen LogP contribution < -0.4 is 10.6 Å². The van der Waals surface area contributed by atoms with E-state index in [1.54, 1.807) is 30.3 Å². The zero-order valence-corrected chi connectivity index (χ0v) is 18.0. The Morgan fingerprint density at radius 1 is 1.21 bits per heavy atom. The third-order valence-corrected chi connectivity index (χ3v) is 4.82. The Morgan fingerprint density at radius 3 is 2.61 bits per heavy atom. The maximum absolute atomic E-state index is 13.5. The largest absolute Gasteiger partial charge is 0.357 e. The molecule has 2 aromatic rings. The van der Waals surface area contributed by atoms with E-state index in [4.69, 9.17) is 0 Å². The number of nitro groups is 1. The van der Waals surface area contributed by atoms with Crippen molar-refractivity contribution in [3.05, 3.63) is 75.6 Å². The van der Waals surface area contributed by atoms with E-state index in [1.165, 1.54) is 12.1 Å². The average molecular weight is 498 g/mol. The number of para-hydroxylation sites is 1. The topological polar surface area (TPSA) is 79.6 Å². The van der Waals surface area contributed by atoms with E-state index in [-0.39, 0.29) is 47.4 Å². The lowest BCUT2D eigenvalue weighted by atomic mass is 9.96. The van der Waals surface area contributed by atoms with Crippen molar-refractivity contribution in [1.82, 2.24) is 10.6 Å². The van der Waals surface area contributed by atoms with Crippen molar-refractivity contribution >= 4 is 35.6 Å². The smallest absolute Gasteiger partial charge is 0.274 e. The lowest BCUT2D eigenvalue weighted by molar-refractivity contribution is -0.385. The van der Waals surface area contributed by atoms with Gasteiger partial charge < -0.3 is 10.6 Å². The summed E-state index contributed by atoms with van der Waals surface area (Å²) in [5.74, 6) is 0.370. The van der Waals surface area contributed by atoms with Gasteiger partial charge in [0.05, 0.1) is 17.0 Å². The van der Waals surface area contributed by atoms with Gasteiger partial charge in [-0.1, -0.05) is 30.3 Å². The van der Waals surface area contributed by atoms with Crippen LogP contribution in [0.15, 0.2) is 53.5 Å². The third-order valence-electron chi connectivity index (χ3n) is 4.82. The number of guanidine groups is 1. The Labute approximate surface area is 180 Å². The Kier molecular flexibility index (Phi) is 7.73. The van der Waals surface area contributed by atoms with E-state index in [0.29, 0.717) is 24.6 Å². The maximum Gasteiger partial charge on any atom is 0.274 e. The number of halogens is 2. The van der Waals surface area contributed by atoms with Crippen LogP contribution >= 0.6 is 24.0 Å². The first-order valence-corrected chi connectivity index (χ1v) is 9.04. The number of aliphatic imine (C=N–C) groups is 1. The molecule has 0 unspecified atom stereocenters. The summed E-state index contributed by atoms with van der Waals surface area (Å²) in [6.07, 6.45) is 1.99. The molecule has 2 N–H and O–H groups in total. The number of hydrogen-bond donors (Lipinski definition) is 2. The minimum atomic E-state index is -0.394. The molecule has 0 saturated heterocycles. The van der Waals surface area contributed by atoms with Gasteiger partial charge in [-0.15, -0.1) is 24.0 Å². The van der Waals surface area contributed by atoms with Gasteiger partial charge in [-0.25, -0.2) is 9.38 Å². The normalized spacial score (nSPS) is 14.7. The lowest BCUT2D eigenvalue weighted by Crippen LogP contribution is -2.41. The summed E-state index contributed by atoms with van der Waals surface area (Å²) in [5, 5.41) is 17.6. The number of nitrogens with one attached hydrogen (secondary N) is 2. The van der Waals surface area contributed by atoms with Crippen LogP contribution in [0.3, 0.4) is 0 Å². The predicted molar refractivity (Wildman–Crippen MR) is 119 cm³/mol. The third kappa shape index (κ3) is 5.40. The van der Waals surface area contributed by atoms with Crippen LogP contribution in [0.2, 0.25) is 0 Å². The first kappa shape index (κ1) is 22.1. The molecule has 1 saturated carbocycles. The number of rotatable bonds is 7. The van der Waals surface area contributed by atoms with Crippen molar-refractivity contribution < 1.29 is 9.31 Å². The molecule has 0 heterocycles. The molecule has 0 amide bonds. The Morgan fingerprint density at radius 2 is 1.96 bits per heavy atom. The van der Waals surface area contributed by atoms with Gasteiger partial charge in [-0.2, -0.15) is 0 Å². The highest BCUT2D eigenvalue weighted by Crippen LogP contribution is 2.47. The number of nitro benzene ring substituents is 1. The van der Waals surface area contributed by atoms with Crippen molar-refractivity contribution in [1.29, 1.82) is 0 Å². The van der Waals surface area contributed by atoms with Crippen LogP contribution in [0.5, 0.6) is 0 Å².